The van der Waals surface area contributed by atoms with E-state index in [0.717, 1.165) is 18.2 Å². The lowest BCUT2D eigenvalue weighted by Gasteiger charge is -2.19. The summed E-state index contributed by atoms with van der Waals surface area (Å²) in [7, 11) is 0. The fraction of sp³-hybridized carbons (Fsp3) is 0.182. The molecule has 1 heterocycles. The first-order valence-electron chi connectivity index (χ1n) is 10.0. The van der Waals surface area contributed by atoms with Gasteiger partial charge in [0, 0.05) is 17.3 Å². The Morgan fingerprint density at radius 1 is 1.36 bits per heavy atom. The number of nitrogens with zero attached hydrogens (tertiary/aromatic N) is 4. The van der Waals surface area contributed by atoms with Crippen molar-refractivity contribution in [3.05, 3.63) is 71.5 Å². The maximum Gasteiger partial charge on any atom is 0.573 e. The van der Waals surface area contributed by atoms with Crippen LogP contribution in [-0.4, -0.2) is 48.3 Å². The Labute approximate surface area is 207 Å². The van der Waals surface area contributed by atoms with Gasteiger partial charge < -0.3 is 20.1 Å². The van der Waals surface area contributed by atoms with Gasteiger partial charge in [0.25, 0.3) is 0 Å². The fourth-order valence-electron chi connectivity index (χ4n) is 3.08. The first kappa shape index (κ1) is 26.3. The van der Waals surface area contributed by atoms with Gasteiger partial charge >= 0.3 is 12.5 Å². The zero-order valence-electron chi connectivity index (χ0n) is 18.2. The van der Waals surface area contributed by atoms with Crippen molar-refractivity contribution >= 4 is 35.1 Å². The smallest absolute Gasteiger partial charge is 0.445 e. The van der Waals surface area contributed by atoms with Gasteiger partial charge in [0.05, 0.1) is 23.3 Å². The molecule has 2 aromatic carbocycles. The van der Waals surface area contributed by atoms with Crippen molar-refractivity contribution in [1.82, 2.24) is 10.3 Å². The summed E-state index contributed by atoms with van der Waals surface area (Å²) < 4.78 is 60.6. The van der Waals surface area contributed by atoms with Crippen molar-refractivity contribution in [2.75, 3.05) is 18.5 Å². The summed E-state index contributed by atoms with van der Waals surface area (Å²) in [6.45, 7) is 3.29. The highest BCUT2D eigenvalue weighted by Crippen LogP contribution is 2.26. The molecule has 1 atom stereocenters. The SMILES string of the molecule is C=CCOC(=O)NC1CN(/C(=N\C#N)Nc2cccc(OC(F)(F)F)c2)N=C1c1ccc(Cl)c(F)c1. The van der Waals surface area contributed by atoms with Crippen molar-refractivity contribution in [2.45, 2.75) is 12.4 Å². The number of ether oxygens (including phenoxy) is 2. The molecule has 0 aliphatic carbocycles. The summed E-state index contributed by atoms with van der Waals surface area (Å²) >= 11 is 5.76. The lowest BCUT2D eigenvalue weighted by Crippen LogP contribution is -2.44. The summed E-state index contributed by atoms with van der Waals surface area (Å²) in [5.74, 6) is -1.42. The standard InChI is InChI=1S/C22H17ClF4N6O3/c1-2-8-35-21(34)31-18-11-33(32-19(18)13-6-7-16(23)17(24)9-13)20(29-12-28)30-14-4-3-5-15(10-14)36-22(25,26)27/h2-7,9-10,18H,1,8,11H2,(H,29,30)(H,31,34). The molecule has 0 fully saturated rings. The molecule has 2 aromatic rings. The molecular formula is C22H17ClF4N6O3. The zero-order chi connectivity index (χ0) is 26.3. The molecule has 9 nitrogen and oxygen atoms in total. The first-order valence-corrected chi connectivity index (χ1v) is 10.4. The molecule has 0 saturated heterocycles. The Kier molecular flexibility index (Phi) is 8.34. The van der Waals surface area contributed by atoms with Crippen LogP contribution in [0.15, 0.2) is 65.2 Å². The number of carbonyl (C=O) groups is 1. The molecule has 188 valence electrons. The molecule has 1 unspecified atom stereocenters. The number of rotatable bonds is 6. The number of alkyl halides is 3. The maximum atomic E-state index is 14.1. The third-order valence-electron chi connectivity index (χ3n) is 4.48. The molecule has 0 bridgehead atoms. The summed E-state index contributed by atoms with van der Waals surface area (Å²) in [6, 6.07) is 7.88. The van der Waals surface area contributed by atoms with Crippen molar-refractivity contribution in [2.24, 2.45) is 10.1 Å². The maximum absolute atomic E-state index is 14.1. The third kappa shape index (κ3) is 7.09. The number of nitriles is 1. The van der Waals surface area contributed by atoms with Crippen molar-refractivity contribution < 1.29 is 31.8 Å². The molecule has 0 aromatic heterocycles. The number of anilines is 1. The number of carbonyl (C=O) groups excluding carboxylic acids is 1. The van der Waals surface area contributed by atoms with Crippen LogP contribution >= 0.6 is 11.6 Å². The average Bonchev–Trinajstić information content (AvgIpc) is 3.22. The Hall–Kier alpha value is -4.31. The lowest BCUT2D eigenvalue weighted by atomic mass is 10.0. The summed E-state index contributed by atoms with van der Waals surface area (Å²) in [4.78, 5) is 15.8. The fourth-order valence-corrected chi connectivity index (χ4v) is 3.20. The van der Waals surface area contributed by atoms with Gasteiger partial charge in [-0.3, -0.25) is 0 Å². The van der Waals surface area contributed by atoms with Crippen LogP contribution in [0.25, 0.3) is 0 Å². The molecule has 3 rings (SSSR count). The Bertz CT molecular complexity index is 1250. The third-order valence-corrected chi connectivity index (χ3v) is 4.78. The molecule has 14 heteroatoms. The van der Waals surface area contributed by atoms with Crippen LogP contribution in [0.2, 0.25) is 5.02 Å². The van der Waals surface area contributed by atoms with Gasteiger partial charge in [0.1, 0.15) is 18.2 Å². The van der Waals surface area contributed by atoms with Gasteiger partial charge in [0.2, 0.25) is 12.2 Å². The van der Waals surface area contributed by atoms with E-state index in [1.165, 1.54) is 35.4 Å². The number of aliphatic imine (C=N–C) groups is 1. The van der Waals surface area contributed by atoms with Gasteiger partial charge in [-0.2, -0.15) is 10.4 Å². The molecule has 36 heavy (non-hydrogen) atoms. The van der Waals surface area contributed by atoms with E-state index >= 15 is 0 Å². The van der Waals surface area contributed by atoms with Crippen LogP contribution < -0.4 is 15.4 Å². The number of hydrogen-bond donors (Lipinski definition) is 2. The largest absolute Gasteiger partial charge is 0.573 e. The quantitative estimate of drug-likeness (QED) is 0.187. The summed E-state index contributed by atoms with van der Waals surface area (Å²) in [5, 5.41) is 19.8. The van der Waals surface area contributed by atoms with E-state index in [9.17, 15) is 22.4 Å². The number of amides is 1. The molecule has 0 radical (unpaired) electrons. The topological polar surface area (TPSA) is 111 Å². The summed E-state index contributed by atoms with van der Waals surface area (Å²) in [6.07, 6.45) is -2.77. The Morgan fingerprint density at radius 2 is 2.14 bits per heavy atom. The number of guanidine groups is 1. The number of benzene rings is 2. The van der Waals surface area contributed by atoms with E-state index in [1.807, 2.05) is 0 Å². The number of halogens is 5. The minimum absolute atomic E-state index is 0.0661. The van der Waals surface area contributed by atoms with E-state index in [2.05, 4.69) is 32.0 Å². The predicted molar refractivity (Wildman–Crippen MR) is 123 cm³/mol. The molecule has 0 spiro atoms. The number of alkyl carbamates (subject to hydrolysis) is 1. The number of hydrazone groups is 1. The zero-order valence-corrected chi connectivity index (χ0v) is 19.0. The summed E-state index contributed by atoms with van der Waals surface area (Å²) in [5.41, 5.74) is 0.551. The molecule has 1 amide bonds. The van der Waals surface area contributed by atoms with Gasteiger partial charge in [-0.15, -0.1) is 18.2 Å². The molecule has 1 aliphatic heterocycles. The molecule has 1 aliphatic rings. The normalized spacial score (nSPS) is 15.6. The van der Waals surface area contributed by atoms with Crippen LogP contribution in [0.1, 0.15) is 5.56 Å². The highest BCUT2D eigenvalue weighted by Gasteiger charge is 2.33. The highest BCUT2D eigenvalue weighted by atomic mass is 35.5. The van der Waals surface area contributed by atoms with E-state index in [4.69, 9.17) is 21.6 Å². The minimum atomic E-state index is -4.90. The molecule has 2 N–H and O–H groups in total. The van der Waals surface area contributed by atoms with Gasteiger partial charge in [0.15, 0.2) is 0 Å². The van der Waals surface area contributed by atoms with E-state index < -0.39 is 30.1 Å². The Balaban J connectivity index is 1.90. The van der Waals surface area contributed by atoms with Crippen molar-refractivity contribution in [3.63, 3.8) is 0 Å². The van der Waals surface area contributed by atoms with E-state index in [-0.39, 0.29) is 41.1 Å². The van der Waals surface area contributed by atoms with Gasteiger partial charge in [-0.1, -0.05) is 36.4 Å². The number of nitrogens with one attached hydrogen (secondary N) is 2. The lowest BCUT2D eigenvalue weighted by molar-refractivity contribution is -0.274. The molecular weight excluding hydrogens is 508 g/mol. The van der Waals surface area contributed by atoms with Gasteiger partial charge in [-0.05, 0) is 24.3 Å². The second-order valence-corrected chi connectivity index (χ2v) is 7.42. The van der Waals surface area contributed by atoms with Gasteiger partial charge in [-0.25, -0.2) is 14.2 Å². The van der Waals surface area contributed by atoms with E-state index in [0.29, 0.717) is 0 Å². The van der Waals surface area contributed by atoms with Crippen LogP contribution in [-0.2, 0) is 4.74 Å². The second-order valence-electron chi connectivity index (χ2n) is 7.02. The number of hydrogen-bond acceptors (Lipinski definition) is 6. The first-order chi connectivity index (χ1) is 17.1. The molecule has 0 saturated carbocycles. The van der Waals surface area contributed by atoms with Crippen LogP contribution in [0.4, 0.5) is 28.0 Å². The Morgan fingerprint density at radius 3 is 2.81 bits per heavy atom. The van der Waals surface area contributed by atoms with Crippen molar-refractivity contribution in [1.29, 1.82) is 5.26 Å². The van der Waals surface area contributed by atoms with Crippen LogP contribution in [0.3, 0.4) is 0 Å². The van der Waals surface area contributed by atoms with Crippen molar-refractivity contribution in [3.8, 4) is 11.9 Å². The highest BCUT2D eigenvalue weighted by molar-refractivity contribution is 6.30. The monoisotopic (exact) mass is 524 g/mol. The van der Waals surface area contributed by atoms with Crippen LogP contribution in [0, 0.1) is 17.3 Å². The van der Waals surface area contributed by atoms with E-state index in [1.54, 1.807) is 6.19 Å². The second kappa shape index (κ2) is 11.4. The predicted octanol–water partition coefficient (Wildman–Crippen LogP) is 4.63. The minimum Gasteiger partial charge on any atom is -0.445 e. The average molecular weight is 525 g/mol. The van der Waals surface area contributed by atoms with Crippen LogP contribution in [0.5, 0.6) is 5.75 Å².